The highest BCUT2D eigenvalue weighted by atomic mass is 19.1. The normalized spacial score (nSPS) is 19.0. The highest BCUT2D eigenvalue weighted by molar-refractivity contribution is 5.91. The number of aromatic amines is 1. The number of halogens is 2. The Morgan fingerprint density at radius 1 is 0.968 bits per heavy atom. The van der Waals surface area contributed by atoms with Gasteiger partial charge >= 0.3 is 0 Å². The third kappa shape index (κ3) is 4.28. The van der Waals surface area contributed by atoms with Gasteiger partial charge in [-0.3, -0.25) is 9.97 Å². The lowest BCUT2D eigenvalue weighted by Gasteiger charge is -2.29. The molecule has 1 saturated carbocycles. The standard InChI is InChI=1S/C23H22F2N6/c24-16-9-18-19(12-29-22(18)28-10-16)23-30-13-20(25)21(31-23)8-15-3-1-2-14(6-15)7-17-11-26-4-5-27-17/h4-5,9-15H,1-3,6-8H2,(H,28,29)/t14-,15+/m1/s1. The Hall–Kier alpha value is -3.29. The van der Waals surface area contributed by atoms with E-state index in [9.17, 15) is 8.78 Å². The highest BCUT2D eigenvalue weighted by Crippen LogP contribution is 2.34. The Balaban J connectivity index is 1.35. The Labute approximate surface area is 178 Å². The zero-order valence-electron chi connectivity index (χ0n) is 16.9. The van der Waals surface area contributed by atoms with Crippen LogP contribution in [0.15, 0.2) is 43.2 Å². The Kier molecular flexibility index (Phi) is 5.36. The molecule has 2 atom stereocenters. The molecule has 1 aliphatic carbocycles. The first-order valence-electron chi connectivity index (χ1n) is 10.5. The van der Waals surface area contributed by atoms with Crippen molar-refractivity contribution >= 4 is 11.0 Å². The van der Waals surface area contributed by atoms with Crippen LogP contribution in [-0.4, -0.2) is 29.9 Å². The van der Waals surface area contributed by atoms with Gasteiger partial charge in [-0.15, -0.1) is 0 Å². The third-order valence-electron chi connectivity index (χ3n) is 6.04. The molecule has 158 valence electrons. The van der Waals surface area contributed by atoms with Gasteiger partial charge in [0.05, 0.1) is 23.8 Å². The molecule has 1 aliphatic rings. The van der Waals surface area contributed by atoms with Gasteiger partial charge in [-0.1, -0.05) is 19.3 Å². The summed E-state index contributed by atoms with van der Waals surface area (Å²) in [7, 11) is 0. The van der Waals surface area contributed by atoms with Crippen molar-refractivity contribution in [1.29, 1.82) is 0 Å². The summed E-state index contributed by atoms with van der Waals surface area (Å²) in [5.41, 5.74) is 2.58. The molecule has 4 aromatic heterocycles. The number of H-pyrrole nitrogens is 1. The summed E-state index contributed by atoms with van der Waals surface area (Å²) in [4.78, 5) is 24.2. The van der Waals surface area contributed by atoms with Gasteiger partial charge in [-0.25, -0.2) is 23.7 Å². The van der Waals surface area contributed by atoms with Crippen LogP contribution in [0.25, 0.3) is 22.4 Å². The van der Waals surface area contributed by atoms with Gasteiger partial charge in [0.15, 0.2) is 11.6 Å². The average Bonchev–Trinajstić information content (AvgIpc) is 3.19. The zero-order valence-corrected chi connectivity index (χ0v) is 16.9. The van der Waals surface area contributed by atoms with Gasteiger partial charge in [0.25, 0.3) is 0 Å². The number of nitrogens with one attached hydrogen (secondary N) is 1. The average molecular weight is 420 g/mol. The minimum Gasteiger partial charge on any atom is -0.345 e. The molecule has 1 fully saturated rings. The van der Waals surface area contributed by atoms with E-state index in [4.69, 9.17) is 0 Å². The van der Waals surface area contributed by atoms with E-state index in [2.05, 4.69) is 29.9 Å². The summed E-state index contributed by atoms with van der Waals surface area (Å²) in [5, 5.41) is 0.583. The van der Waals surface area contributed by atoms with Crippen molar-refractivity contribution in [3.8, 4) is 11.4 Å². The first kappa shape index (κ1) is 19.7. The van der Waals surface area contributed by atoms with E-state index < -0.39 is 11.6 Å². The van der Waals surface area contributed by atoms with E-state index in [0.29, 0.717) is 46.4 Å². The third-order valence-corrected chi connectivity index (χ3v) is 6.04. The number of pyridine rings is 1. The molecule has 0 unspecified atom stereocenters. The summed E-state index contributed by atoms with van der Waals surface area (Å²) in [6, 6.07) is 1.39. The Morgan fingerprint density at radius 2 is 1.84 bits per heavy atom. The maximum absolute atomic E-state index is 14.6. The molecule has 0 aromatic carbocycles. The fourth-order valence-corrected chi connectivity index (χ4v) is 4.62. The number of hydrogen-bond acceptors (Lipinski definition) is 5. The van der Waals surface area contributed by atoms with Crippen LogP contribution >= 0.6 is 0 Å². The van der Waals surface area contributed by atoms with E-state index in [1.54, 1.807) is 18.6 Å². The molecule has 0 amide bonds. The van der Waals surface area contributed by atoms with Crippen LogP contribution in [0.1, 0.15) is 37.1 Å². The van der Waals surface area contributed by atoms with Crippen molar-refractivity contribution in [3.63, 3.8) is 0 Å². The fourth-order valence-electron chi connectivity index (χ4n) is 4.62. The fraction of sp³-hybridized carbons (Fsp3) is 0.348. The molecule has 6 nitrogen and oxygen atoms in total. The van der Waals surface area contributed by atoms with Gasteiger partial charge in [0.1, 0.15) is 11.5 Å². The number of hydrogen-bond donors (Lipinski definition) is 1. The van der Waals surface area contributed by atoms with Crippen LogP contribution in [0.3, 0.4) is 0 Å². The van der Waals surface area contributed by atoms with E-state index in [1.165, 1.54) is 12.3 Å². The molecule has 0 saturated heterocycles. The monoisotopic (exact) mass is 420 g/mol. The van der Waals surface area contributed by atoms with Crippen molar-refractivity contribution in [2.75, 3.05) is 0 Å². The molecule has 1 N–H and O–H groups in total. The second kappa shape index (κ2) is 8.45. The van der Waals surface area contributed by atoms with E-state index in [1.807, 2.05) is 6.20 Å². The van der Waals surface area contributed by atoms with Gasteiger partial charge in [0.2, 0.25) is 0 Å². The van der Waals surface area contributed by atoms with Crippen LogP contribution in [0.4, 0.5) is 8.78 Å². The summed E-state index contributed by atoms with van der Waals surface area (Å²) in [5.74, 6) is 0.412. The predicted octanol–water partition coefficient (Wildman–Crippen LogP) is 4.68. The Morgan fingerprint density at radius 3 is 2.68 bits per heavy atom. The summed E-state index contributed by atoms with van der Waals surface area (Å²) in [6.07, 6.45) is 15.1. The van der Waals surface area contributed by atoms with Crippen LogP contribution in [-0.2, 0) is 12.8 Å². The SMILES string of the molecule is Fc1cnc2[nH]cc(-c3ncc(F)c(C[C@H]4CCC[C@@H](Cc5cnccn5)C4)n3)c2c1. The summed E-state index contributed by atoms with van der Waals surface area (Å²) in [6.45, 7) is 0. The molecule has 0 aliphatic heterocycles. The highest BCUT2D eigenvalue weighted by Gasteiger charge is 2.25. The lowest BCUT2D eigenvalue weighted by molar-refractivity contribution is 0.259. The van der Waals surface area contributed by atoms with Crippen molar-refractivity contribution in [2.45, 2.75) is 38.5 Å². The largest absolute Gasteiger partial charge is 0.345 e. The van der Waals surface area contributed by atoms with Gasteiger partial charge < -0.3 is 4.98 Å². The van der Waals surface area contributed by atoms with Gasteiger partial charge in [-0.2, -0.15) is 0 Å². The quantitative estimate of drug-likeness (QED) is 0.507. The van der Waals surface area contributed by atoms with E-state index in [0.717, 1.165) is 44.0 Å². The molecule has 0 radical (unpaired) electrons. The van der Waals surface area contributed by atoms with Crippen molar-refractivity contribution < 1.29 is 8.78 Å². The van der Waals surface area contributed by atoms with Crippen LogP contribution in [0.5, 0.6) is 0 Å². The van der Waals surface area contributed by atoms with Gasteiger partial charge in [0, 0.05) is 35.7 Å². The molecule has 4 aromatic rings. The second-order valence-electron chi connectivity index (χ2n) is 8.24. The molecule has 5 rings (SSSR count). The Bertz CT molecular complexity index is 1190. The topological polar surface area (TPSA) is 80.2 Å². The molecule has 4 heterocycles. The lowest BCUT2D eigenvalue weighted by atomic mass is 9.77. The van der Waals surface area contributed by atoms with Crippen LogP contribution in [0, 0.1) is 23.5 Å². The summed E-state index contributed by atoms with van der Waals surface area (Å²) < 4.78 is 28.2. The second-order valence-corrected chi connectivity index (χ2v) is 8.24. The van der Waals surface area contributed by atoms with Crippen molar-refractivity contribution in [3.05, 3.63) is 66.3 Å². The lowest BCUT2D eigenvalue weighted by Crippen LogP contribution is -2.20. The molecular formula is C23H22F2N6. The minimum absolute atomic E-state index is 0.356. The first-order valence-corrected chi connectivity index (χ1v) is 10.5. The molecule has 0 bridgehead atoms. The van der Waals surface area contributed by atoms with Crippen molar-refractivity contribution in [1.82, 2.24) is 29.9 Å². The predicted molar refractivity (Wildman–Crippen MR) is 112 cm³/mol. The zero-order chi connectivity index (χ0) is 21.2. The molecule has 0 spiro atoms. The maximum Gasteiger partial charge on any atom is 0.163 e. The smallest absolute Gasteiger partial charge is 0.163 e. The van der Waals surface area contributed by atoms with E-state index >= 15 is 0 Å². The maximum atomic E-state index is 14.6. The number of fused-ring (bicyclic) bond motifs is 1. The molecule has 31 heavy (non-hydrogen) atoms. The molecule has 8 heteroatoms. The molecular weight excluding hydrogens is 398 g/mol. The van der Waals surface area contributed by atoms with E-state index in [-0.39, 0.29) is 0 Å². The number of aromatic nitrogens is 6. The minimum atomic E-state index is -0.438. The van der Waals surface area contributed by atoms with Crippen LogP contribution < -0.4 is 0 Å². The van der Waals surface area contributed by atoms with Crippen molar-refractivity contribution in [2.24, 2.45) is 11.8 Å². The van der Waals surface area contributed by atoms with Gasteiger partial charge in [-0.05, 0) is 37.2 Å². The number of nitrogens with zero attached hydrogens (tertiary/aromatic N) is 5. The number of rotatable bonds is 5. The van der Waals surface area contributed by atoms with Crippen LogP contribution in [0.2, 0.25) is 0 Å². The first-order chi connectivity index (χ1) is 15.2. The summed E-state index contributed by atoms with van der Waals surface area (Å²) >= 11 is 0.